The SMILES string of the molecule is CCC(CC)C[C@H](NC(=O)OCC1c2ccccc2-c2ccccc21)C(=O)O. The summed E-state index contributed by atoms with van der Waals surface area (Å²) in [5.74, 6) is -0.809. The third-order valence-electron chi connectivity index (χ3n) is 5.66. The van der Waals surface area contributed by atoms with Crippen LogP contribution in [0.5, 0.6) is 0 Å². The molecular weight excluding hydrogens is 354 g/mol. The second kappa shape index (κ2) is 8.91. The number of hydrogen-bond donors (Lipinski definition) is 2. The van der Waals surface area contributed by atoms with Gasteiger partial charge in [0, 0.05) is 5.92 Å². The Hall–Kier alpha value is -2.82. The first-order valence-electron chi connectivity index (χ1n) is 9.89. The highest BCUT2D eigenvalue weighted by atomic mass is 16.5. The van der Waals surface area contributed by atoms with Crippen molar-refractivity contribution >= 4 is 12.1 Å². The first-order chi connectivity index (χ1) is 13.5. The maximum absolute atomic E-state index is 12.3. The first-order valence-corrected chi connectivity index (χ1v) is 9.89. The van der Waals surface area contributed by atoms with Crippen LogP contribution in [0.1, 0.15) is 50.2 Å². The number of carbonyl (C=O) groups excluding carboxylic acids is 1. The van der Waals surface area contributed by atoms with E-state index in [2.05, 4.69) is 29.6 Å². The number of rotatable bonds is 8. The maximum atomic E-state index is 12.3. The number of carboxylic acid groups (broad SMARTS) is 1. The molecule has 0 heterocycles. The molecule has 0 saturated heterocycles. The number of carboxylic acids is 1. The minimum atomic E-state index is -1.03. The van der Waals surface area contributed by atoms with E-state index >= 15 is 0 Å². The summed E-state index contributed by atoms with van der Waals surface area (Å²) in [5, 5.41) is 12.0. The van der Waals surface area contributed by atoms with Crippen molar-refractivity contribution in [3.05, 3.63) is 59.7 Å². The van der Waals surface area contributed by atoms with Gasteiger partial charge in [-0.15, -0.1) is 0 Å². The van der Waals surface area contributed by atoms with E-state index < -0.39 is 18.1 Å². The fourth-order valence-corrected chi connectivity index (χ4v) is 3.96. The van der Waals surface area contributed by atoms with E-state index in [9.17, 15) is 14.7 Å². The maximum Gasteiger partial charge on any atom is 0.407 e. The molecule has 5 nitrogen and oxygen atoms in total. The zero-order chi connectivity index (χ0) is 20.1. The summed E-state index contributed by atoms with van der Waals surface area (Å²) in [6, 6.07) is 15.3. The van der Waals surface area contributed by atoms with Gasteiger partial charge in [-0.05, 0) is 34.6 Å². The van der Waals surface area contributed by atoms with E-state index in [1.807, 2.05) is 38.1 Å². The van der Waals surface area contributed by atoms with Gasteiger partial charge in [-0.3, -0.25) is 0 Å². The highest BCUT2D eigenvalue weighted by Crippen LogP contribution is 2.44. The van der Waals surface area contributed by atoms with Crippen LogP contribution >= 0.6 is 0 Å². The molecule has 0 aliphatic heterocycles. The highest BCUT2D eigenvalue weighted by Gasteiger charge is 2.30. The summed E-state index contributed by atoms with van der Waals surface area (Å²) in [6.45, 7) is 4.23. The van der Waals surface area contributed by atoms with Crippen LogP contribution < -0.4 is 5.32 Å². The molecule has 0 unspecified atom stereocenters. The van der Waals surface area contributed by atoms with Gasteiger partial charge in [-0.25, -0.2) is 9.59 Å². The van der Waals surface area contributed by atoms with E-state index in [0.717, 1.165) is 35.1 Å². The molecular formula is C23H27NO4. The lowest BCUT2D eigenvalue weighted by atomic mass is 9.95. The van der Waals surface area contributed by atoms with Crippen molar-refractivity contribution in [2.24, 2.45) is 5.92 Å². The summed E-state index contributed by atoms with van der Waals surface area (Å²) in [6.07, 6.45) is 1.49. The van der Waals surface area contributed by atoms with Crippen LogP contribution in [0.4, 0.5) is 4.79 Å². The van der Waals surface area contributed by atoms with Crippen molar-refractivity contribution in [3.8, 4) is 11.1 Å². The average Bonchev–Trinajstić information content (AvgIpc) is 3.03. The Bertz CT molecular complexity index is 799. The van der Waals surface area contributed by atoms with Crippen LogP contribution in [0.15, 0.2) is 48.5 Å². The Labute approximate surface area is 165 Å². The minimum absolute atomic E-state index is 0.0412. The molecule has 0 fully saturated rings. The Morgan fingerprint density at radius 1 is 1.00 bits per heavy atom. The van der Waals surface area contributed by atoms with Crippen molar-refractivity contribution in [2.75, 3.05) is 6.61 Å². The monoisotopic (exact) mass is 381 g/mol. The zero-order valence-electron chi connectivity index (χ0n) is 16.4. The second-order valence-electron chi connectivity index (χ2n) is 7.28. The number of benzene rings is 2. The number of carbonyl (C=O) groups is 2. The van der Waals surface area contributed by atoms with Gasteiger partial charge in [-0.1, -0.05) is 75.2 Å². The molecule has 5 heteroatoms. The average molecular weight is 381 g/mol. The molecule has 1 atom stereocenters. The molecule has 2 N–H and O–H groups in total. The topological polar surface area (TPSA) is 75.6 Å². The summed E-state index contributed by atoms with van der Waals surface area (Å²) < 4.78 is 5.46. The van der Waals surface area contributed by atoms with Crippen LogP contribution in [0.2, 0.25) is 0 Å². The number of fused-ring (bicyclic) bond motifs is 3. The minimum Gasteiger partial charge on any atom is -0.480 e. The molecule has 2 aromatic rings. The van der Waals surface area contributed by atoms with Gasteiger partial charge >= 0.3 is 12.1 Å². The second-order valence-corrected chi connectivity index (χ2v) is 7.28. The number of hydrogen-bond acceptors (Lipinski definition) is 3. The molecule has 0 bridgehead atoms. The largest absolute Gasteiger partial charge is 0.480 e. The zero-order valence-corrected chi connectivity index (χ0v) is 16.4. The van der Waals surface area contributed by atoms with Gasteiger partial charge in [-0.2, -0.15) is 0 Å². The van der Waals surface area contributed by atoms with E-state index in [-0.39, 0.29) is 18.4 Å². The van der Waals surface area contributed by atoms with Crippen LogP contribution in [-0.4, -0.2) is 29.8 Å². The van der Waals surface area contributed by atoms with E-state index in [0.29, 0.717) is 6.42 Å². The van der Waals surface area contributed by atoms with Gasteiger partial charge in [0.1, 0.15) is 12.6 Å². The van der Waals surface area contributed by atoms with Gasteiger partial charge in [0.15, 0.2) is 0 Å². The quantitative estimate of drug-likeness (QED) is 0.688. The Morgan fingerprint density at radius 2 is 1.54 bits per heavy atom. The number of amides is 1. The summed E-state index contributed by atoms with van der Waals surface area (Å²) in [4.78, 5) is 23.8. The third-order valence-corrected chi connectivity index (χ3v) is 5.66. The Morgan fingerprint density at radius 3 is 2.04 bits per heavy atom. The van der Waals surface area contributed by atoms with Crippen molar-refractivity contribution < 1.29 is 19.4 Å². The number of aliphatic carboxylic acids is 1. The molecule has 1 aliphatic rings. The molecule has 28 heavy (non-hydrogen) atoms. The lowest BCUT2D eigenvalue weighted by Crippen LogP contribution is -2.42. The molecule has 3 rings (SSSR count). The molecule has 2 aromatic carbocycles. The predicted octanol–water partition coefficient (Wildman–Crippen LogP) is 4.80. The van der Waals surface area contributed by atoms with Crippen molar-refractivity contribution in [3.63, 3.8) is 0 Å². The summed E-state index contributed by atoms with van der Waals surface area (Å²) in [7, 11) is 0. The van der Waals surface area contributed by atoms with Crippen LogP contribution in [0.25, 0.3) is 11.1 Å². The highest BCUT2D eigenvalue weighted by molar-refractivity contribution is 5.81. The van der Waals surface area contributed by atoms with Gasteiger partial charge in [0.05, 0.1) is 0 Å². The molecule has 0 radical (unpaired) electrons. The number of ether oxygens (including phenoxy) is 1. The van der Waals surface area contributed by atoms with Crippen molar-refractivity contribution in [2.45, 2.75) is 45.1 Å². The number of nitrogens with one attached hydrogen (secondary N) is 1. The lowest BCUT2D eigenvalue weighted by molar-refractivity contribution is -0.139. The molecule has 0 aromatic heterocycles. The van der Waals surface area contributed by atoms with Crippen molar-refractivity contribution in [1.82, 2.24) is 5.32 Å². The van der Waals surface area contributed by atoms with E-state index in [4.69, 9.17) is 4.74 Å². The fraction of sp³-hybridized carbons (Fsp3) is 0.391. The standard InChI is InChI=1S/C23H27NO4/c1-3-15(4-2)13-21(22(25)26)24-23(27)28-14-20-18-11-7-5-9-16(18)17-10-6-8-12-19(17)20/h5-12,15,20-21H,3-4,13-14H2,1-2H3,(H,24,27)(H,25,26)/t21-/m0/s1. The molecule has 1 aliphatic carbocycles. The summed E-state index contributed by atoms with van der Waals surface area (Å²) >= 11 is 0. The molecule has 0 saturated carbocycles. The smallest absolute Gasteiger partial charge is 0.407 e. The molecule has 1 amide bonds. The van der Waals surface area contributed by atoms with Gasteiger partial charge in [0.2, 0.25) is 0 Å². The van der Waals surface area contributed by atoms with Gasteiger partial charge < -0.3 is 15.2 Å². The number of alkyl carbamates (subject to hydrolysis) is 1. The molecule has 148 valence electrons. The molecule has 0 spiro atoms. The van der Waals surface area contributed by atoms with Crippen LogP contribution in [0, 0.1) is 5.92 Å². The van der Waals surface area contributed by atoms with Gasteiger partial charge in [0.25, 0.3) is 0 Å². The van der Waals surface area contributed by atoms with Crippen LogP contribution in [-0.2, 0) is 9.53 Å². The normalized spacial score (nSPS) is 13.7. The fourth-order valence-electron chi connectivity index (χ4n) is 3.96. The third kappa shape index (κ3) is 4.19. The Balaban J connectivity index is 1.67. The summed E-state index contributed by atoms with van der Waals surface area (Å²) in [5.41, 5.74) is 4.57. The Kier molecular flexibility index (Phi) is 6.34. The van der Waals surface area contributed by atoms with Crippen molar-refractivity contribution in [1.29, 1.82) is 0 Å². The van der Waals surface area contributed by atoms with Crippen LogP contribution in [0.3, 0.4) is 0 Å². The predicted molar refractivity (Wildman–Crippen MR) is 108 cm³/mol. The van der Waals surface area contributed by atoms with E-state index in [1.54, 1.807) is 0 Å². The first kappa shape index (κ1) is 19.9. The van der Waals surface area contributed by atoms with E-state index in [1.165, 1.54) is 0 Å². The lowest BCUT2D eigenvalue weighted by Gasteiger charge is -2.20.